The third-order valence-corrected chi connectivity index (χ3v) is 5.54. The Morgan fingerprint density at radius 1 is 1.00 bits per heavy atom. The predicted octanol–water partition coefficient (Wildman–Crippen LogP) is 6.48. The quantitative estimate of drug-likeness (QED) is 0.219. The summed E-state index contributed by atoms with van der Waals surface area (Å²) in [4.78, 5) is 23.7. The van der Waals surface area contributed by atoms with Crippen molar-refractivity contribution in [2.75, 3.05) is 5.32 Å². The zero-order valence-electron chi connectivity index (χ0n) is 21.1. The van der Waals surface area contributed by atoms with Crippen molar-refractivity contribution in [3.8, 4) is 17.2 Å². The third kappa shape index (κ3) is 6.72. The first-order valence-corrected chi connectivity index (χ1v) is 11.7. The van der Waals surface area contributed by atoms with Crippen LogP contribution in [-0.4, -0.2) is 20.6 Å². The van der Waals surface area contributed by atoms with Gasteiger partial charge in [-0.25, -0.2) is 4.68 Å². The SMILES string of the molecule is Cc1cccc(Oc2cc(NC(=O)c3ccn(COc4ccc(C(C)(C)C)cc4)n3)cc([N+](=O)[O-])c2)c1. The molecule has 3 aromatic carbocycles. The van der Waals surface area contributed by atoms with Crippen molar-refractivity contribution < 1.29 is 19.2 Å². The molecule has 0 aliphatic carbocycles. The molecule has 1 N–H and O–H groups in total. The lowest BCUT2D eigenvalue weighted by Crippen LogP contribution is -2.14. The van der Waals surface area contributed by atoms with Crippen LogP contribution in [-0.2, 0) is 12.1 Å². The minimum Gasteiger partial charge on any atom is -0.471 e. The Labute approximate surface area is 214 Å². The van der Waals surface area contributed by atoms with E-state index in [9.17, 15) is 14.9 Å². The number of benzene rings is 3. The van der Waals surface area contributed by atoms with Crippen LogP contribution in [0.25, 0.3) is 0 Å². The molecule has 0 saturated heterocycles. The molecular weight excluding hydrogens is 472 g/mol. The number of amides is 1. The number of hydrogen-bond acceptors (Lipinski definition) is 6. The molecule has 4 aromatic rings. The highest BCUT2D eigenvalue weighted by Gasteiger charge is 2.16. The van der Waals surface area contributed by atoms with Gasteiger partial charge in [-0.2, -0.15) is 5.10 Å². The zero-order chi connectivity index (χ0) is 26.6. The minimum absolute atomic E-state index is 0.0510. The molecule has 1 aromatic heterocycles. The number of anilines is 1. The number of nitro groups is 1. The average molecular weight is 501 g/mol. The summed E-state index contributed by atoms with van der Waals surface area (Å²) in [6.07, 6.45) is 1.62. The van der Waals surface area contributed by atoms with Gasteiger partial charge in [0.15, 0.2) is 12.4 Å². The Bertz CT molecular complexity index is 1420. The summed E-state index contributed by atoms with van der Waals surface area (Å²) in [5, 5.41) is 18.3. The number of hydrogen-bond donors (Lipinski definition) is 1. The average Bonchev–Trinajstić information content (AvgIpc) is 3.32. The molecule has 0 spiro atoms. The maximum Gasteiger partial charge on any atom is 0.276 e. The van der Waals surface area contributed by atoms with Gasteiger partial charge < -0.3 is 14.8 Å². The number of aromatic nitrogens is 2. The van der Waals surface area contributed by atoms with Gasteiger partial charge in [-0.05, 0) is 53.8 Å². The van der Waals surface area contributed by atoms with E-state index >= 15 is 0 Å². The van der Waals surface area contributed by atoms with Gasteiger partial charge in [0.05, 0.1) is 16.7 Å². The summed E-state index contributed by atoms with van der Waals surface area (Å²) in [5.74, 6) is 0.929. The maximum absolute atomic E-state index is 12.8. The highest BCUT2D eigenvalue weighted by Crippen LogP contribution is 2.30. The second-order valence-electron chi connectivity index (χ2n) is 9.63. The van der Waals surface area contributed by atoms with Crippen LogP contribution >= 0.6 is 0 Å². The smallest absolute Gasteiger partial charge is 0.276 e. The molecule has 0 atom stereocenters. The van der Waals surface area contributed by atoms with Crippen LogP contribution in [0.5, 0.6) is 17.2 Å². The minimum atomic E-state index is -0.543. The Hall–Kier alpha value is -4.66. The largest absolute Gasteiger partial charge is 0.471 e. The molecule has 0 radical (unpaired) electrons. The van der Waals surface area contributed by atoms with Crippen molar-refractivity contribution in [2.45, 2.75) is 39.8 Å². The number of non-ortho nitro benzene ring substituents is 1. The number of carbonyl (C=O) groups is 1. The second-order valence-corrected chi connectivity index (χ2v) is 9.63. The molecule has 0 aliphatic heterocycles. The molecule has 190 valence electrons. The summed E-state index contributed by atoms with van der Waals surface area (Å²) in [6.45, 7) is 8.46. The van der Waals surface area contributed by atoms with E-state index in [-0.39, 0.29) is 35.0 Å². The van der Waals surface area contributed by atoms with Crippen LogP contribution in [0.1, 0.15) is 42.4 Å². The number of nitrogens with zero attached hydrogens (tertiary/aromatic N) is 3. The van der Waals surface area contributed by atoms with Crippen molar-refractivity contribution in [2.24, 2.45) is 0 Å². The first kappa shape index (κ1) is 25.4. The van der Waals surface area contributed by atoms with E-state index in [2.05, 4.69) is 31.2 Å². The number of carbonyl (C=O) groups excluding carboxylic acids is 1. The van der Waals surface area contributed by atoms with Gasteiger partial charge in [-0.15, -0.1) is 0 Å². The van der Waals surface area contributed by atoms with E-state index in [1.165, 1.54) is 28.4 Å². The van der Waals surface area contributed by atoms with Gasteiger partial charge in [0, 0.05) is 18.3 Å². The topological polar surface area (TPSA) is 109 Å². The van der Waals surface area contributed by atoms with Gasteiger partial charge in [-0.3, -0.25) is 14.9 Å². The standard InChI is InChI=1S/C28H28N4O5/c1-19-6-5-7-24(14-19)37-25-16-21(15-22(17-25)32(34)35)29-27(33)26-12-13-31(30-26)18-36-23-10-8-20(9-11-23)28(2,3)4/h5-17H,18H2,1-4H3,(H,29,33). The van der Waals surface area contributed by atoms with Gasteiger partial charge in [0.1, 0.15) is 17.2 Å². The number of nitro benzene ring substituents is 1. The normalized spacial score (nSPS) is 11.1. The summed E-state index contributed by atoms with van der Waals surface area (Å²) in [7, 11) is 0. The van der Waals surface area contributed by atoms with Gasteiger partial charge in [0.2, 0.25) is 0 Å². The lowest BCUT2D eigenvalue weighted by Gasteiger charge is -2.19. The Morgan fingerprint density at radius 3 is 2.43 bits per heavy atom. The molecule has 9 nitrogen and oxygen atoms in total. The summed E-state index contributed by atoms with van der Waals surface area (Å²) >= 11 is 0. The van der Waals surface area contributed by atoms with Crippen molar-refractivity contribution in [3.05, 3.63) is 106 Å². The van der Waals surface area contributed by atoms with E-state index in [4.69, 9.17) is 9.47 Å². The maximum atomic E-state index is 12.8. The molecule has 0 unspecified atom stereocenters. The van der Waals surface area contributed by atoms with Crippen LogP contribution in [0.4, 0.5) is 11.4 Å². The molecule has 0 aliphatic rings. The fourth-order valence-corrected chi connectivity index (χ4v) is 3.58. The number of rotatable bonds is 8. The van der Waals surface area contributed by atoms with Crippen molar-refractivity contribution in [1.82, 2.24) is 9.78 Å². The van der Waals surface area contributed by atoms with E-state index in [1.54, 1.807) is 18.3 Å². The Balaban J connectivity index is 1.43. The molecule has 1 amide bonds. The first-order valence-electron chi connectivity index (χ1n) is 11.7. The lowest BCUT2D eigenvalue weighted by atomic mass is 9.87. The number of ether oxygens (including phenoxy) is 2. The van der Waals surface area contributed by atoms with Crippen LogP contribution in [0.2, 0.25) is 0 Å². The highest BCUT2D eigenvalue weighted by molar-refractivity contribution is 6.03. The van der Waals surface area contributed by atoms with E-state index in [0.717, 1.165) is 5.56 Å². The van der Waals surface area contributed by atoms with Crippen LogP contribution in [0.3, 0.4) is 0 Å². The van der Waals surface area contributed by atoms with Crippen molar-refractivity contribution in [3.63, 3.8) is 0 Å². The van der Waals surface area contributed by atoms with E-state index in [0.29, 0.717) is 11.5 Å². The molecule has 0 fully saturated rings. The molecule has 4 rings (SSSR count). The van der Waals surface area contributed by atoms with Gasteiger partial charge >= 0.3 is 0 Å². The fourth-order valence-electron chi connectivity index (χ4n) is 3.58. The molecule has 0 saturated carbocycles. The number of nitrogens with one attached hydrogen (secondary N) is 1. The van der Waals surface area contributed by atoms with Crippen LogP contribution in [0, 0.1) is 17.0 Å². The zero-order valence-corrected chi connectivity index (χ0v) is 21.1. The molecule has 1 heterocycles. The van der Waals surface area contributed by atoms with Gasteiger partial charge in [0.25, 0.3) is 11.6 Å². The van der Waals surface area contributed by atoms with E-state index in [1.807, 2.05) is 49.4 Å². The summed E-state index contributed by atoms with van der Waals surface area (Å²) in [5.41, 5.74) is 2.38. The Morgan fingerprint density at radius 2 is 1.76 bits per heavy atom. The Kier molecular flexibility index (Phi) is 7.24. The van der Waals surface area contributed by atoms with Gasteiger partial charge in [-0.1, -0.05) is 45.0 Å². The highest BCUT2D eigenvalue weighted by atomic mass is 16.6. The predicted molar refractivity (Wildman–Crippen MR) is 140 cm³/mol. The monoisotopic (exact) mass is 500 g/mol. The van der Waals surface area contributed by atoms with Crippen molar-refractivity contribution >= 4 is 17.3 Å². The molecule has 37 heavy (non-hydrogen) atoms. The van der Waals surface area contributed by atoms with E-state index < -0.39 is 10.8 Å². The third-order valence-electron chi connectivity index (χ3n) is 5.54. The molecule has 0 bridgehead atoms. The molecular formula is C28H28N4O5. The summed E-state index contributed by atoms with van der Waals surface area (Å²) < 4.78 is 13.1. The molecule has 9 heteroatoms. The summed E-state index contributed by atoms with van der Waals surface area (Å²) in [6, 6.07) is 20.8. The number of aryl methyl sites for hydroxylation is 1. The first-order chi connectivity index (χ1) is 17.6. The van der Waals surface area contributed by atoms with Crippen molar-refractivity contribution in [1.29, 1.82) is 0 Å². The second kappa shape index (κ2) is 10.5. The lowest BCUT2D eigenvalue weighted by molar-refractivity contribution is -0.384. The fraction of sp³-hybridized carbons (Fsp3) is 0.214. The van der Waals surface area contributed by atoms with Crippen LogP contribution in [0.15, 0.2) is 79.0 Å². The van der Waals surface area contributed by atoms with Crippen LogP contribution < -0.4 is 14.8 Å².